The van der Waals surface area contributed by atoms with Crippen LogP contribution in [-0.4, -0.2) is 69.7 Å². The van der Waals surface area contributed by atoms with Crippen molar-refractivity contribution < 1.29 is 28.5 Å². The van der Waals surface area contributed by atoms with Crippen molar-refractivity contribution in [2.24, 2.45) is 0 Å². The molecule has 0 aromatic carbocycles. The summed E-state index contributed by atoms with van der Waals surface area (Å²) in [5.41, 5.74) is -1.35. The first-order valence-electron chi connectivity index (χ1n) is 12.7. The van der Waals surface area contributed by atoms with Crippen molar-refractivity contribution in [1.29, 1.82) is 0 Å². The third-order valence-corrected chi connectivity index (χ3v) is 8.36. The van der Waals surface area contributed by atoms with E-state index < -0.39 is 17.0 Å². The second kappa shape index (κ2) is 9.11. The zero-order valence-electron chi connectivity index (χ0n) is 21.4. The Morgan fingerprint density at radius 3 is 2.79 bits per heavy atom. The van der Waals surface area contributed by atoms with Crippen LogP contribution in [0.3, 0.4) is 0 Å². The molecule has 1 aliphatic carbocycles. The van der Waals surface area contributed by atoms with Crippen LogP contribution in [0.4, 0.5) is 10.2 Å². The maximum absolute atomic E-state index is 15.0. The summed E-state index contributed by atoms with van der Waals surface area (Å²) in [7, 11) is 1.50. The van der Waals surface area contributed by atoms with E-state index in [0.717, 1.165) is 19.0 Å². The Kier molecular flexibility index (Phi) is 5.97. The number of carbonyl (C=O) groups excluding carboxylic acids is 1. The topological polar surface area (TPSA) is 119 Å². The standard InChI is InChI=1S/C27H30FN5O5/c1-25(35,12-17-18(28)13-30-19-5-6-21(36-2)32-23(17)19)27-9-7-26(8-10-27,15-38-27)31-16-33-22(34)14-37-20-4-3-11-29-24(20)33/h3-6,11,13,31,35H,7-10,12,14-16H2,1-2H3. The van der Waals surface area contributed by atoms with E-state index in [1.54, 1.807) is 42.3 Å². The Hall–Kier alpha value is -3.41. The van der Waals surface area contributed by atoms with Crippen LogP contribution in [0.5, 0.6) is 11.6 Å². The molecule has 4 aliphatic rings. The largest absolute Gasteiger partial charge is 0.481 e. The predicted octanol–water partition coefficient (Wildman–Crippen LogP) is 2.52. The number of hydrogen-bond donors (Lipinski definition) is 2. The van der Waals surface area contributed by atoms with E-state index in [4.69, 9.17) is 14.2 Å². The number of aromatic nitrogens is 3. The minimum absolute atomic E-state index is 0.0170. The van der Waals surface area contributed by atoms with Crippen molar-refractivity contribution in [1.82, 2.24) is 20.3 Å². The molecule has 1 unspecified atom stereocenters. The molecule has 2 N–H and O–H groups in total. The monoisotopic (exact) mass is 523 g/mol. The molecular weight excluding hydrogens is 493 g/mol. The lowest BCUT2D eigenvalue weighted by Gasteiger charge is -2.58. The van der Waals surface area contributed by atoms with Crippen LogP contribution >= 0.6 is 0 Å². The van der Waals surface area contributed by atoms with Gasteiger partial charge in [-0.25, -0.2) is 14.4 Å². The summed E-state index contributed by atoms with van der Waals surface area (Å²) in [4.78, 5) is 27.0. The molecule has 1 saturated carbocycles. The van der Waals surface area contributed by atoms with E-state index in [-0.39, 0.29) is 36.7 Å². The van der Waals surface area contributed by atoms with Crippen LogP contribution in [0.2, 0.25) is 0 Å². The molecule has 2 bridgehead atoms. The number of halogens is 1. The highest BCUT2D eigenvalue weighted by Crippen LogP contribution is 2.50. The lowest BCUT2D eigenvalue weighted by Crippen LogP contribution is -2.69. The number of fused-ring (bicyclic) bond motifs is 5. The molecule has 1 atom stereocenters. The maximum atomic E-state index is 15.0. The zero-order valence-corrected chi connectivity index (χ0v) is 21.4. The van der Waals surface area contributed by atoms with Gasteiger partial charge in [0.05, 0.1) is 48.8 Å². The van der Waals surface area contributed by atoms with E-state index in [2.05, 4.69) is 20.3 Å². The Morgan fingerprint density at radius 1 is 1.24 bits per heavy atom. The molecule has 3 aliphatic heterocycles. The number of methoxy groups -OCH3 is 1. The van der Waals surface area contributed by atoms with Crippen molar-refractivity contribution >= 4 is 22.8 Å². The van der Waals surface area contributed by atoms with Crippen LogP contribution < -0.4 is 19.7 Å². The second-order valence-electron chi connectivity index (χ2n) is 10.6. The summed E-state index contributed by atoms with van der Waals surface area (Å²) >= 11 is 0. The van der Waals surface area contributed by atoms with E-state index >= 15 is 4.39 Å². The Balaban J connectivity index is 1.18. The van der Waals surface area contributed by atoms with Gasteiger partial charge in [-0.1, -0.05) is 0 Å². The van der Waals surface area contributed by atoms with Crippen LogP contribution in [-0.2, 0) is 16.0 Å². The molecule has 3 fully saturated rings. The van der Waals surface area contributed by atoms with Crippen LogP contribution in [0.1, 0.15) is 38.2 Å². The van der Waals surface area contributed by atoms with Crippen molar-refractivity contribution in [3.8, 4) is 11.6 Å². The first-order valence-corrected chi connectivity index (χ1v) is 12.7. The van der Waals surface area contributed by atoms with Gasteiger partial charge < -0.3 is 19.3 Å². The van der Waals surface area contributed by atoms with Gasteiger partial charge in [0.15, 0.2) is 18.2 Å². The summed E-state index contributed by atoms with van der Waals surface area (Å²) in [5, 5.41) is 15.3. The van der Waals surface area contributed by atoms with E-state index in [0.29, 0.717) is 47.9 Å². The van der Waals surface area contributed by atoms with Gasteiger partial charge in [-0.2, -0.15) is 0 Å². The van der Waals surface area contributed by atoms with Gasteiger partial charge in [0.2, 0.25) is 5.88 Å². The molecule has 0 spiro atoms. The first-order chi connectivity index (χ1) is 18.2. The van der Waals surface area contributed by atoms with Gasteiger partial charge >= 0.3 is 0 Å². The molecule has 0 radical (unpaired) electrons. The number of amides is 1. The fourth-order valence-electron chi connectivity index (χ4n) is 5.93. The van der Waals surface area contributed by atoms with Gasteiger partial charge in [-0.3, -0.25) is 20.0 Å². The highest BCUT2D eigenvalue weighted by atomic mass is 19.1. The Bertz CT molecular complexity index is 1380. The normalized spacial score (nSPS) is 26.1. The van der Waals surface area contributed by atoms with Crippen molar-refractivity contribution in [3.63, 3.8) is 0 Å². The van der Waals surface area contributed by atoms with Crippen molar-refractivity contribution in [2.45, 2.75) is 55.8 Å². The van der Waals surface area contributed by atoms with E-state index in [9.17, 15) is 9.90 Å². The van der Waals surface area contributed by atoms with Crippen LogP contribution in [0.15, 0.2) is 36.7 Å². The fourth-order valence-corrected chi connectivity index (χ4v) is 5.93. The van der Waals surface area contributed by atoms with Gasteiger partial charge in [0, 0.05) is 29.8 Å². The predicted molar refractivity (Wildman–Crippen MR) is 135 cm³/mol. The highest BCUT2D eigenvalue weighted by Gasteiger charge is 2.58. The van der Waals surface area contributed by atoms with Gasteiger partial charge in [-0.05, 0) is 50.8 Å². The SMILES string of the molecule is COc1ccc2ncc(F)c(CC(C)(O)C34CCC(NCN5C(=O)COc6cccnc65)(CC3)CO4)c2n1. The average Bonchev–Trinajstić information content (AvgIpc) is 2.94. The summed E-state index contributed by atoms with van der Waals surface area (Å²) in [6.07, 6.45) is 5.46. The number of aliphatic hydroxyl groups is 1. The zero-order chi connectivity index (χ0) is 26.5. The fraction of sp³-hybridized carbons (Fsp3) is 0.481. The van der Waals surface area contributed by atoms with Gasteiger partial charge in [0.25, 0.3) is 5.91 Å². The molecule has 3 aromatic heterocycles. The lowest BCUT2D eigenvalue weighted by atomic mass is 9.63. The number of nitrogens with zero attached hydrogens (tertiary/aromatic N) is 4. The molecule has 6 heterocycles. The van der Waals surface area contributed by atoms with Crippen molar-refractivity contribution in [3.05, 3.63) is 48.0 Å². The highest BCUT2D eigenvalue weighted by molar-refractivity contribution is 5.96. The Labute approximate surface area is 219 Å². The summed E-state index contributed by atoms with van der Waals surface area (Å²) in [6.45, 7) is 2.32. The van der Waals surface area contributed by atoms with E-state index in [1.807, 2.05) is 0 Å². The third-order valence-electron chi connectivity index (χ3n) is 8.36. The molecule has 38 heavy (non-hydrogen) atoms. The number of anilines is 1. The van der Waals surface area contributed by atoms with Crippen LogP contribution in [0, 0.1) is 5.82 Å². The maximum Gasteiger partial charge on any atom is 0.267 e. The number of carbonyl (C=O) groups is 1. The molecule has 1 amide bonds. The van der Waals surface area contributed by atoms with Crippen molar-refractivity contribution in [2.75, 3.05) is 31.9 Å². The number of nitrogens with one attached hydrogen (secondary N) is 1. The van der Waals surface area contributed by atoms with Gasteiger partial charge in [-0.15, -0.1) is 0 Å². The molecule has 200 valence electrons. The molecule has 7 rings (SSSR count). The number of hydrogen-bond acceptors (Lipinski definition) is 9. The first kappa shape index (κ1) is 24.9. The molecule has 3 aromatic rings. The molecule has 10 nitrogen and oxygen atoms in total. The quantitative estimate of drug-likeness (QED) is 0.482. The molecule has 2 saturated heterocycles. The third kappa shape index (κ3) is 4.05. The smallest absolute Gasteiger partial charge is 0.267 e. The lowest BCUT2D eigenvalue weighted by molar-refractivity contribution is -0.243. The van der Waals surface area contributed by atoms with Gasteiger partial charge in [0.1, 0.15) is 5.82 Å². The summed E-state index contributed by atoms with van der Waals surface area (Å²) in [6, 6.07) is 6.96. The number of ether oxygens (including phenoxy) is 3. The molecule has 11 heteroatoms. The number of pyridine rings is 3. The molecular formula is C27H30FN5O5. The second-order valence-corrected chi connectivity index (χ2v) is 10.6. The minimum atomic E-state index is -1.36. The Morgan fingerprint density at radius 2 is 2.05 bits per heavy atom. The average molecular weight is 524 g/mol. The number of rotatable bonds is 7. The summed E-state index contributed by atoms with van der Waals surface area (Å²) < 4.78 is 32.1. The summed E-state index contributed by atoms with van der Waals surface area (Å²) in [5.74, 6) is 0.730. The minimum Gasteiger partial charge on any atom is -0.481 e. The van der Waals surface area contributed by atoms with Crippen LogP contribution in [0.25, 0.3) is 11.0 Å². The van der Waals surface area contributed by atoms with E-state index in [1.165, 1.54) is 7.11 Å².